The highest BCUT2D eigenvalue weighted by Crippen LogP contribution is 2.18. The average Bonchev–Trinajstić information content (AvgIpc) is 2.16. The Morgan fingerprint density at radius 2 is 2.43 bits per heavy atom. The first-order chi connectivity index (χ1) is 6.68. The monoisotopic (exact) mass is 193 g/mol. The van der Waals surface area contributed by atoms with Crippen molar-refractivity contribution in [2.24, 2.45) is 0 Å². The molecule has 14 heavy (non-hydrogen) atoms. The molecule has 4 heteroatoms. The largest absolute Gasteiger partial charge is 0.478 e. The van der Waals surface area contributed by atoms with E-state index in [1.165, 1.54) is 0 Å². The zero-order valence-corrected chi connectivity index (χ0v) is 7.91. The fourth-order valence-corrected chi connectivity index (χ4v) is 1.61. The number of carboxylic acids is 1. The van der Waals surface area contributed by atoms with Gasteiger partial charge in [0.25, 0.3) is 0 Å². The first kappa shape index (κ1) is 9.15. The lowest BCUT2D eigenvalue weighted by molar-refractivity contribution is 0.0694. The minimum atomic E-state index is -0.927. The minimum Gasteiger partial charge on any atom is -0.478 e. The van der Waals surface area contributed by atoms with Crippen molar-refractivity contribution in [1.82, 2.24) is 4.98 Å². The van der Waals surface area contributed by atoms with Crippen LogP contribution in [0.2, 0.25) is 0 Å². The molecule has 0 radical (unpaired) electrons. The van der Waals surface area contributed by atoms with Gasteiger partial charge in [0.1, 0.15) is 0 Å². The summed E-state index contributed by atoms with van der Waals surface area (Å²) in [5.41, 5.74) is 2.73. The Bertz CT molecular complexity index is 387. The van der Waals surface area contributed by atoms with Crippen LogP contribution in [-0.2, 0) is 17.8 Å². The number of aryl methyl sites for hydroxylation is 1. The Morgan fingerprint density at radius 3 is 3.14 bits per heavy atom. The van der Waals surface area contributed by atoms with Crippen molar-refractivity contribution in [3.63, 3.8) is 0 Å². The summed E-state index contributed by atoms with van der Waals surface area (Å²) < 4.78 is 5.24. The second kappa shape index (κ2) is 3.38. The molecule has 0 spiro atoms. The average molecular weight is 193 g/mol. The zero-order chi connectivity index (χ0) is 10.1. The lowest BCUT2D eigenvalue weighted by atomic mass is 10.1. The first-order valence-corrected chi connectivity index (χ1v) is 4.49. The highest BCUT2D eigenvalue weighted by Gasteiger charge is 2.16. The van der Waals surface area contributed by atoms with Crippen molar-refractivity contribution in [2.45, 2.75) is 20.0 Å². The number of rotatable bonds is 1. The van der Waals surface area contributed by atoms with Gasteiger partial charge in [-0.3, -0.25) is 4.98 Å². The lowest BCUT2D eigenvalue weighted by Gasteiger charge is -2.16. The number of hydrogen-bond donors (Lipinski definition) is 1. The quantitative estimate of drug-likeness (QED) is 0.727. The van der Waals surface area contributed by atoms with E-state index < -0.39 is 5.97 Å². The predicted molar refractivity (Wildman–Crippen MR) is 49.3 cm³/mol. The third-order valence-corrected chi connectivity index (χ3v) is 2.35. The number of carbonyl (C=O) groups is 1. The van der Waals surface area contributed by atoms with Crippen LogP contribution in [0.15, 0.2) is 6.07 Å². The molecule has 2 heterocycles. The maximum Gasteiger partial charge on any atom is 0.337 e. The van der Waals surface area contributed by atoms with Crippen molar-refractivity contribution in [2.75, 3.05) is 6.61 Å². The van der Waals surface area contributed by atoms with Gasteiger partial charge >= 0.3 is 5.97 Å². The SMILES string of the molecule is Cc1nc2c(cc1C(=O)O)COCC2. The summed E-state index contributed by atoms with van der Waals surface area (Å²) in [7, 11) is 0. The maximum absolute atomic E-state index is 10.8. The molecule has 4 nitrogen and oxygen atoms in total. The van der Waals surface area contributed by atoms with Crippen LogP contribution in [0.25, 0.3) is 0 Å². The van der Waals surface area contributed by atoms with Gasteiger partial charge in [-0.05, 0) is 13.0 Å². The van der Waals surface area contributed by atoms with E-state index >= 15 is 0 Å². The van der Waals surface area contributed by atoms with Gasteiger partial charge in [0.2, 0.25) is 0 Å². The molecule has 0 saturated heterocycles. The Labute approximate surface area is 81.5 Å². The molecule has 0 saturated carbocycles. The number of fused-ring (bicyclic) bond motifs is 1. The normalized spacial score (nSPS) is 14.9. The van der Waals surface area contributed by atoms with E-state index in [2.05, 4.69) is 4.98 Å². The summed E-state index contributed by atoms with van der Waals surface area (Å²) in [6, 6.07) is 1.67. The van der Waals surface area contributed by atoms with E-state index in [9.17, 15) is 4.79 Å². The molecule has 1 aliphatic rings. The number of hydrogen-bond acceptors (Lipinski definition) is 3. The molecule has 1 aliphatic heterocycles. The molecule has 1 aromatic heterocycles. The van der Waals surface area contributed by atoms with Crippen LogP contribution < -0.4 is 0 Å². The topological polar surface area (TPSA) is 59.4 Å². The third-order valence-electron chi connectivity index (χ3n) is 2.35. The van der Waals surface area contributed by atoms with Crippen molar-refractivity contribution in [1.29, 1.82) is 0 Å². The molecule has 0 aliphatic carbocycles. The molecular weight excluding hydrogens is 182 g/mol. The number of pyridine rings is 1. The van der Waals surface area contributed by atoms with Gasteiger partial charge in [-0.1, -0.05) is 0 Å². The Morgan fingerprint density at radius 1 is 1.64 bits per heavy atom. The first-order valence-electron chi connectivity index (χ1n) is 4.49. The van der Waals surface area contributed by atoms with E-state index in [0.29, 0.717) is 18.9 Å². The van der Waals surface area contributed by atoms with E-state index in [1.807, 2.05) is 0 Å². The highest BCUT2D eigenvalue weighted by atomic mass is 16.5. The van der Waals surface area contributed by atoms with Crippen LogP contribution >= 0.6 is 0 Å². The molecule has 74 valence electrons. The van der Waals surface area contributed by atoms with Gasteiger partial charge in [0.05, 0.1) is 24.5 Å². The molecule has 0 unspecified atom stereocenters. The molecule has 0 bridgehead atoms. The standard InChI is InChI=1S/C10H11NO3/c1-6-8(10(12)13)4-7-5-14-3-2-9(7)11-6/h4H,2-3,5H2,1H3,(H,12,13). The van der Waals surface area contributed by atoms with E-state index in [4.69, 9.17) is 9.84 Å². The highest BCUT2D eigenvalue weighted by molar-refractivity contribution is 5.89. The Kier molecular flexibility index (Phi) is 2.21. The van der Waals surface area contributed by atoms with Crippen LogP contribution in [0.4, 0.5) is 0 Å². The number of carboxylic acid groups (broad SMARTS) is 1. The fraction of sp³-hybridized carbons (Fsp3) is 0.400. The molecule has 1 aromatic rings. The summed E-state index contributed by atoms with van der Waals surface area (Å²) in [6.45, 7) is 2.87. The van der Waals surface area contributed by atoms with Crippen LogP contribution in [-0.4, -0.2) is 22.7 Å². The van der Waals surface area contributed by atoms with Gasteiger partial charge in [0.15, 0.2) is 0 Å². The van der Waals surface area contributed by atoms with Crippen molar-refractivity contribution in [3.8, 4) is 0 Å². The third kappa shape index (κ3) is 1.48. The minimum absolute atomic E-state index is 0.272. The molecule has 2 rings (SSSR count). The molecule has 0 aromatic carbocycles. The number of ether oxygens (including phenoxy) is 1. The molecule has 0 fully saturated rings. The number of aromatic carboxylic acids is 1. The van der Waals surface area contributed by atoms with E-state index in [-0.39, 0.29) is 5.56 Å². The van der Waals surface area contributed by atoms with Crippen LogP contribution in [0.3, 0.4) is 0 Å². The van der Waals surface area contributed by atoms with Gasteiger partial charge in [-0.2, -0.15) is 0 Å². The molecule has 0 atom stereocenters. The van der Waals surface area contributed by atoms with Gasteiger partial charge in [-0.15, -0.1) is 0 Å². The Balaban J connectivity index is 2.50. The predicted octanol–water partition coefficient (Wildman–Crippen LogP) is 1.16. The summed E-state index contributed by atoms with van der Waals surface area (Å²) in [6.07, 6.45) is 0.774. The van der Waals surface area contributed by atoms with Crippen molar-refractivity contribution in [3.05, 3.63) is 28.6 Å². The second-order valence-electron chi connectivity index (χ2n) is 3.33. The second-order valence-corrected chi connectivity index (χ2v) is 3.33. The summed E-state index contributed by atoms with van der Waals surface area (Å²) in [4.78, 5) is 15.1. The maximum atomic E-state index is 10.8. The van der Waals surface area contributed by atoms with E-state index in [0.717, 1.165) is 17.7 Å². The molecular formula is C10H11NO3. The van der Waals surface area contributed by atoms with Crippen LogP contribution in [0, 0.1) is 6.92 Å². The summed E-state index contributed by atoms with van der Waals surface area (Å²) in [5, 5.41) is 8.89. The molecule has 1 N–H and O–H groups in total. The van der Waals surface area contributed by atoms with Gasteiger partial charge in [0, 0.05) is 17.7 Å². The zero-order valence-electron chi connectivity index (χ0n) is 7.91. The van der Waals surface area contributed by atoms with Crippen LogP contribution in [0.5, 0.6) is 0 Å². The van der Waals surface area contributed by atoms with Gasteiger partial charge in [-0.25, -0.2) is 4.79 Å². The Hall–Kier alpha value is -1.42. The number of aromatic nitrogens is 1. The van der Waals surface area contributed by atoms with Crippen molar-refractivity contribution >= 4 is 5.97 Å². The van der Waals surface area contributed by atoms with Gasteiger partial charge < -0.3 is 9.84 Å². The lowest BCUT2D eigenvalue weighted by Crippen LogP contribution is -2.15. The number of nitrogens with zero attached hydrogens (tertiary/aromatic N) is 1. The summed E-state index contributed by atoms with van der Waals surface area (Å²) >= 11 is 0. The van der Waals surface area contributed by atoms with E-state index in [1.54, 1.807) is 13.0 Å². The van der Waals surface area contributed by atoms with Crippen molar-refractivity contribution < 1.29 is 14.6 Å². The van der Waals surface area contributed by atoms with Crippen LogP contribution in [0.1, 0.15) is 27.3 Å². The fourth-order valence-electron chi connectivity index (χ4n) is 1.61. The smallest absolute Gasteiger partial charge is 0.337 e. The molecule has 0 amide bonds. The summed E-state index contributed by atoms with van der Waals surface area (Å²) in [5.74, 6) is -0.927.